The van der Waals surface area contributed by atoms with Crippen molar-refractivity contribution >= 4 is 33.4 Å². The Balaban J connectivity index is 0.000000238. The van der Waals surface area contributed by atoms with Gasteiger partial charge in [0.1, 0.15) is 23.8 Å². The number of methoxy groups -OCH3 is 3. The van der Waals surface area contributed by atoms with Gasteiger partial charge in [-0.1, -0.05) is 101 Å². The van der Waals surface area contributed by atoms with Gasteiger partial charge in [-0.05, 0) is 55.0 Å². The van der Waals surface area contributed by atoms with Crippen molar-refractivity contribution in [3.63, 3.8) is 0 Å². The average Bonchev–Trinajstić information content (AvgIpc) is 3.14. The van der Waals surface area contributed by atoms with Crippen molar-refractivity contribution in [2.75, 3.05) is 21.3 Å². The standard InChI is InChI=1S/C25H30BO3.C17H24N/c1-5-6-19-26(20-7-13-23(27-2)14-8-20,21-9-15-24(28-3)16-10-21)22-11-17-25(29-4)18-12-22;1-2-3-4-5-6-9-14-18-15-10-12-16-11-7-8-13-17(16)18/h7-18H,5-6,19H2,1-4H3;7-8,10-13,15H,2-6,9,14H2,1H3/q-1;+1. The minimum absolute atomic E-state index is 0.874. The van der Waals surface area contributed by atoms with Crippen LogP contribution in [0.2, 0.25) is 6.32 Å². The van der Waals surface area contributed by atoms with Gasteiger partial charge in [0.2, 0.25) is 5.52 Å². The number of pyridine rings is 1. The first-order valence-electron chi connectivity index (χ1n) is 17.6. The number of unbranched alkanes of at least 4 members (excludes halogenated alkanes) is 6. The third kappa shape index (κ3) is 9.41. The lowest BCUT2D eigenvalue weighted by atomic mass is 9.14. The van der Waals surface area contributed by atoms with Gasteiger partial charge in [-0.15, -0.1) is 0 Å². The van der Waals surface area contributed by atoms with Crippen molar-refractivity contribution in [2.45, 2.75) is 78.1 Å². The van der Waals surface area contributed by atoms with Crippen LogP contribution in [0.3, 0.4) is 0 Å². The summed E-state index contributed by atoms with van der Waals surface area (Å²) in [5, 5.41) is 1.34. The molecule has 0 amide bonds. The molecule has 1 heterocycles. The molecule has 0 unspecified atom stereocenters. The summed E-state index contributed by atoms with van der Waals surface area (Å²) in [5.74, 6) is 2.62. The van der Waals surface area contributed by atoms with E-state index in [-0.39, 0.29) is 0 Å². The zero-order valence-electron chi connectivity index (χ0n) is 29.3. The van der Waals surface area contributed by atoms with Crippen LogP contribution in [0.1, 0.15) is 65.2 Å². The molecule has 0 saturated carbocycles. The first kappa shape index (κ1) is 35.6. The van der Waals surface area contributed by atoms with Crippen LogP contribution >= 0.6 is 0 Å². The number of hydrogen-bond donors (Lipinski definition) is 0. The van der Waals surface area contributed by atoms with Gasteiger partial charge in [0, 0.05) is 23.9 Å². The van der Waals surface area contributed by atoms with Gasteiger partial charge in [-0.25, -0.2) is 0 Å². The predicted octanol–water partition coefficient (Wildman–Crippen LogP) is 8.47. The molecule has 0 radical (unpaired) electrons. The molecule has 0 N–H and O–H groups in total. The molecule has 0 saturated heterocycles. The Labute approximate surface area is 283 Å². The van der Waals surface area contributed by atoms with E-state index in [1.165, 1.54) is 65.8 Å². The number of fused-ring (bicyclic) bond motifs is 1. The summed E-state index contributed by atoms with van der Waals surface area (Å²) in [7, 11) is 5.12. The number of benzene rings is 4. The van der Waals surface area contributed by atoms with E-state index < -0.39 is 6.15 Å². The molecule has 4 aromatic carbocycles. The second-order valence-electron chi connectivity index (χ2n) is 12.5. The maximum atomic E-state index is 5.41. The van der Waals surface area contributed by atoms with Gasteiger partial charge in [0.15, 0.2) is 6.20 Å². The summed E-state index contributed by atoms with van der Waals surface area (Å²) < 4.78 is 18.6. The van der Waals surface area contributed by atoms with E-state index in [9.17, 15) is 0 Å². The highest BCUT2D eigenvalue weighted by atomic mass is 16.5. The Bertz CT molecular complexity index is 1480. The van der Waals surface area contributed by atoms with Gasteiger partial charge in [-0.3, -0.25) is 0 Å². The van der Waals surface area contributed by atoms with Crippen LogP contribution in [-0.2, 0) is 6.54 Å². The van der Waals surface area contributed by atoms with Crippen LogP contribution < -0.4 is 35.2 Å². The molecular formula is C42H54BNO3. The van der Waals surface area contributed by atoms with Crippen LogP contribution in [-0.4, -0.2) is 27.5 Å². The quantitative estimate of drug-likeness (QED) is 0.0622. The Kier molecular flexibility index (Phi) is 14.2. The molecule has 5 aromatic rings. The SMILES string of the molecule is CCCCCCCC[n+]1cccc2ccccc21.CCCC[B-](c1ccc(OC)cc1)(c1ccc(OC)cc1)c1ccc(OC)cc1. The van der Waals surface area contributed by atoms with Gasteiger partial charge >= 0.3 is 0 Å². The lowest BCUT2D eigenvalue weighted by Gasteiger charge is -2.43. The van der Waals surface area contributed by atoms with Gasteiger partial charge in [0.05, 0.1) is 27.5 Å². The minimum atomic E-state index is -1.14. The van der Waals surface area contributed by atoms with E-state index in [2.05, 4.69) is 134 Å². The average molecular weight is 632 g/mol. The number of aromatic nitrogens is 1. The van der Waals surface area contributed by atoms with Crippen molar-refractivity contribution in [3.05, 3.63) is 115 Å². The minimum Gasteiger partial charge on any atom is -0.497 e. The smallest absolute Gasteiger partial charge is 0.212 e. The summed E-state index contributed by atoms with van der Waals surface area (Å²) in [6.07, 6.45) is 12.6. The molecule has 0 aliphatic heterocycles. The molecule has 248 valence electrons. The van der Waals surface area contributed by atoms with Crippen molar-refractivity contribution in [1.82, 2.24) is 0 Å². The van der Waals surface area contributed by atoms with Crippen molar-refractivity contribution < 1.29 is 18.8 Å². The number of para-hydroxylation sites is 1. The number of nitrogens with zero attached hydrogens (tertiary/aromatic N) is 1. The molecule has 1 aromatic heterocycles. The summed E-state index contributed by atoms with van der Waals surface area (Å²) in [6, 6.07) is 38.6. The van der Waals surface area contributed by atoms with E-state index in [0.717, 1.165) is 43.0 Å². The molecule has 0 spiro atoms. The fraction of sp³-hybridized carbons (Fsp3) is 0.357. The Hall–Kier alpha value is -4.25. The Morgan fingerprint density at radius 3 is 1.43 bits per heavy atom. The van der Waals surface area contributed by atoms with Gasteiger partial charge in [-0.2, -0.15) is 27.3 Å². The molecular weight excluding hydrogens is 577 g/mol. The molecule has 47 heavy (non-hydrogen) atoms. The predicted molar refractivity (Wildman–Crippen MR) is 201 cm³/mol. The number of aryl methyl sites for hydroxylation is 1. The van der Waals surface area contributed by atoms with Gasteiger partial charge < -0.3 is 14.2 Å². The number of hydrogen-bond acceptors (Lipinski definition) is 3. The van der Waals surface area contributed by atoms with E-state index in [1.807, 2.05) is 0 Å². The first-order valence-corrected chi connectivity index (χ1v) is 17.6. The molecule has 5 rings (SSSR count). The number of rotatable bonds is 16. The zero-order chi connectivity index (χ0) is 33.3. The van der Waals surface area contributed by atoms with E-state index >= 15 is 0 Å². The highest BCUT2D eigenvalue weighted by molar-refractivity contribution is 7.11. The van der Waals surface area contributed by atoms with Gasteiger partial charge in [0.25, 0.3) is 0 Å². The highest BCUT2D eigenvalue weighted by Gasteiger charge is 2.29. The second-order valence-corrected chi connectivity index (χ2v) is 12.5. The Morgan fingerprint density at radius 2 is 0.936 bits per heavy atom. The van der Waals surface area contributed by atoms with E-state index in [4.69, 9.17) is 14.2 Å². The van der Waals surface area contributed by atoms with Crippen molar-refractivity contribution in [3.8, 4) is 17.2 Å². The third-order valence-electron chi connectivity index (χ3n) is 9.59. The van der Waals surface area contributed by atoms with Crippen LogP contribution in [0, 0.1) is 0 Å². The van der Waals surface area contributed by atoms with Crippen LogP contribution in [0.5, 0.6) is 17.2 Å². The largest absolute Gasteiger partial charge is 0.497 e. The van der Waals surface area contributed by atoms with Crippen LogP contribution in [0.4, 0.5) is 0 Å². The zero-order valence-corrected chi connectivity index (χ0v) is 29.3. The second kappa shape index (κ2) is 18.8. The summed E-state index contributed by atoms with van der Waals surface area (Å²) in [4.78, 5) is 0. The lowest BCUT2D eigenvalue weighted by Crippen LogP contribution is -2.66. The van der Waals surface area contributed by atoms with E-state index in [0.29, 0.717) is 0 Å². The first-order chi connectivity index (χ1) is 23.1. The molecule has 0 bridgehead atoms. The highest BCUT2D eigenvalue weighted by Crippen LogP contribution is 2.21. The molecule has 0 fully saturated rings. The fourth-order valence-electron chi connectivity index (χ4n) is 6.86. The molecule has 5 heteroatoms. The molecule has 0 aliphatic rings. The summed E-state index contributed by atoms with van der Waals surface area (Å²) >= 11 is 0. The third-order valence-corrected chi connectivity index (χ3v) is 9.59. The maximum absolute atomic E-state index is 5.41. The van der Waals surface area contributed by atoms with Crippen molar-refractivity contribution in [2.24, 2.45) is 0 Å². The summed E-state index contributed by atoms with van der Waals surface area (Å²) in [6.45, 7) is 5.66. The summed E-state index contributed by atoms with van der Waals surface area (Å²) in [5.41, 5.74) is 5.30. The topological polar surface area (TPSA) is 31.6 Å². The van der Waals surface area contributed by atoms with Crippen LogP contribution in [0.25, 0.3) is 10.9 Å². The van der Waals surface area contributed by atoms with Crippen molar-refractivity contribution in [1.29, 1.82) is 0 Å². The molecule has 0 aliphatic carbocycles. The molecule has 0 atom stereocenters. The Morgan fingerprint density at radius 1 is 0.489 bits per heavy atom. The number of ether oxygens (including phenoxy) is 3. The monoisotopic (exact) mass is 631 g/mol. The fourth-order valence-corrected chi connectivity index (χ4v) is 6.86. The normalized spacial score (nSPS) is 11.1. The lowest BCUT2D eigenvalue weighted by molar-refractivity contribution is -0.671. The van der Waals surface area contributed by atoms with Crippen LogP contribution in [0.15, 0.2) is 115 Å². The maximum Gasteiger partial charge on any atom is 0.212 e. The van der Waals surface area contributed by atoms with E-state index in [1.54, 1.807) is 21.3 Å². The molecule has 4 nitrogen and oxygen atoms in total.